The highest BCUT2D eigenvalue weighted by Gasteiger charge is 2.15. The third-order valence-corrected chi connectivity index (χ3v) is 3.18. The van der Waals surface area contributed by atoms with Crippen molar-refractivity contribution in [2.75, 3.05) is 0 Å². The zero-order chi connectivity index (χ0) is 10.2. The molecule has 0 aromatic carbocycles. The van der Waals surface area contributed by atoms with E-state index in [0.717, 1.165) is 0 Å². The average Bonchev–Trinajstić information content (AvgIpc) is 2.29. The molecule has 0 amide bonds. The lowest BCUT2D eigenvalue weighted by atomic mass is 10.4. The standard InChI is InChI=1S/C7H10Cl2N2OS/c1-5(2)11-4-6(8)7(10-11)13(3,9)12/h4-5H,3H2,1-2H3. The molecule has 13 heavy (non-hydrogen) atoms. The average molecular weight is 241 g/mol. The third kappa shape index (κ3) is 2.39. The molecule has 0 saturated carbocycles. The van der Waals surface area contributed by atoms with Gasteiger partial charge in [0.2, 0.25) is 0 Å². The summed E-state index contributed by atoms with van der Waals surface area (Å²) in [6, 6.07) is 0.157. The van der Waals surface area contributed by atoms with E-state index in [2.05, 4.69) is 11.0 Å². The van der Waals surface area contributed by atoms with E-state index in [9.17, 15) is 4.21 Å². The quantitative estimate of drug-likeness (QED) is 0.588. The molecule has 1 atom stereocenters. The zero-order valence-corrected chi connectivity index (χ0v) is 9.66. The number of hydrogen-bond donors (Lipinski definition) is 0. The molecule has 0 saturated heterocycles. The molecule has 6 heteroatoms. The highest BCUT2D eigenvalue weighted by Crippen LogP contribution is 2.23. The maximum atomic E-state index is 11.3. The lowest BCUT2D eigenvalue weighted by Crippen LogP contribution is -2.02. The molecule has 1 aromatic heterocycles. The Morgan fingerprint density at radius 2 is 2.23 bits per heavy atom. The summed E-state index contributed by atoms with van der Waals surface area (Å²) in [5.74, 6) is 3.31. The van der Waals surface area contributed by atoms with E-state index in [1.165, 1.54) is 0 Å². The van der Waals surface area contributed by atoms with Gasteiger partial charge in [-0.05, 0) is 30.4 Å². The Hall–Kier alpha value is -0.190. The SMILES string of the molecule is C=S(=O)(Cl)c1nn(C(C)C)cc1Cl. The molecule has 0 spiro atoms. The molecule has 1 heterocycles. The highest BCUT2D eigenvalue weighted by atomic mass is 35.7. The van der Waals surface area contributed by atoms with Gasteiger partial charge in [0, 0.05) is 12.2 Å². The summed E-state index contributed by atoms with van der Waals surface area (Å²) in [6.45, 7) is 3.87. The minimum absolute atomic E-state index is 0.157. The van der Waals surface area contributed by atoms with Gasteiger partial charge in [-0.1, -0.05) is 11.6 Å². The van der Waals surface area contributed by atoms with E-state index < -0.39 is 8.74 Å². The number of rotatable bonds is 2. The highest BCUT2D eigenvalue weighted by molar-refractivity contribution is 8.21. The monoisotopic (exact) mass is 240 g/mol. The van der Waals surface area contributed by atoms with Crippen molar-refractivity contribution < 1.29 is 4.21 Å². The van der Waals surface area contributed by atoms with E-state index in [1.54, 1.807) is 10.9 Å². The van der Waals surface area contributed by atoms with Crippen LogP contribution in [0.25, 0.3) is 0 Å². The first-order valence-electron chi connectivity index (χ1n) is 3.64. The predicted octanol–water partition coefficient (Wildman–Crippen LogP) is 2.35. The second-order valence-corrected chi connectivity index (χ2v) is 6.43. The van der Waals surface area contributed by atoms with Crippen molar-refractivity contribution in [3.05, 3.63) is 11.2 Å². The van der Waals surface area contributed by atoms with Gasteiger partial charge in [0.25, 0.3) is 0 Å². The summed E-state index contributed by atoms with van der Waals surface area (Å²) in [7, 11) is 2.70. The van der Waals surface area contributed by atoms with Gasteiger partial charge in [-0.25, -0.2) is 4.21 Å². The van der Waals surface area contributed by atoms with E-state index in [4.69, 9.17) is 22.3 Å². The van der Waals surface area contributed by atoms with Crippen LogP contribution in [0.15, 0.2) is 11.2 Å². The first kappa shape index (κ1) is 10.9. The molecule has 74 valence electrons. The fourth-order valence-electron chi connectivity index (χ4n) is 0.824. The molecular weight excluding hydrogens is 231 g/mol. The summed E-state index contributed by atoms with van der Waals surface area (Å²) in [5, 5.41) is 4.45. The van der Waals surface area contributed by atoms with Crippen LogP contribution in [-0.2, 0) is 8.74 Å². The van der Waals surface area contributed by atoms with Gasteiger partial charge in [0.05, 0.1) is 13.8 Å². The Bertz CT molecular complexity index is 408. The van der Waals surface area contributed by atoms with Crippen LogP contribution in [0, 0.1) is 0 Å². The fourth-order valence-corrected chi connectivity index (χ4v) is 2.36. The molecule has 0 N–H and O–H groups in total. The van der Waals surface area contributed by atoms with Crippen LogP contribution in [0.4, 0.5) is 0 Å². The topological polar surface area (TPSA) is 34.9 Å². The van der Waals surface area contributed by atoms with Crippen LogP contribution in [0.3, 0.4) is 0 Å². The first-order valence-corrected chi connectivity index (χ1v) is 6.57. The lowest BCUT2D eigenvalue weighted by molar-refractivity contribution is 0.521. The molecule has 0 aliphatic heterocycles. The zero-order valence-electron chi connectivity index (χ0n) is 7.33. The van der Waals surface area contributed by atoms with Gasteiger partial charge in [-0.2, -0.15) is 5.10 Å². The minimum atomic E-state index is -2.84. The van der Waals surface area contributed by atoms with Gasteiger partial charge in [0.15, 0.2) is 5.03 Å². The molecule has 0 aliphatic carbocycles. The molecule has 1 aromatic rings. The van der Waals surface area contributed by atoms with Crippen LogP contribution in [-0.4, -0.2) is 19.9 Å². The number of nitrogens with zero attached hydrogens (tertiary/aromatic N) is 2. The summed E-state index contributed by atoms with van der Waals surface area (Å²) >= 11 is 5.79. The molecule has 0 radical (unpaired) electrons. The predicted molar refractivity (Wildman–Crippen MR) is 57.0 cm³/mol. The van der Waals surface area contributed by atoms with Gasteiger partial charge < -0.3 is 0 Å². The Kier molecular flexibility index (Phi) is 2.95. The normalized spacial score (nSPS) is 16.1. The fraction of sp³-hybridized carbons (Fsp3) is 0.429. The van der Waals surface area contributed by atoms with Gasteiger partial charge in [0.1, 0.15) is 0 Å². The van der Waals surface area contributed by atoms with Crippen LogP contribution in [0.5, 0.6) is 0 Å². The minimum Gasteiger partial charge on any atom is -0.267 e. The summed E-state index contributed by atoms with van der Waals surface area (Å²) in [4.78, 5) is 0. The van der Waals surface area contributed by atoms with Crippen molar-refractivity contribution in [1.82, 2.24) is 9.78 Å². The van der Waals surface area contributed by atoms with Crippen LogP contribution >= 0.6 is 22.3 Å². The van der Waals surface area contributed by atoms with E-state index in [1.807, 2.05) is 13.8 Å². The summed E-state index contributed by atoms with van der Waals surface area (Å²) in [6.07, 6.45) is 1.59. The second kappa shape index (κ2) is 3.52. The Labute approximate surface area is 87.2 Å². The molecule has 0 aliphatic rings. The number of halogens is 2. The van der Waals surface area contributed by atoms with E-state index in [0.29, 0.717) is 5.02 Å². The molecule has 1 unspecified atom stereocenters. The third-order valence-electron chi connectivity index (χ3n) is 1.47. The maximum Gasteiger partial charge on any atom is 0.173 e. The molecule has 0 fully saturated rings. The smallest absolute Gasteiger partial charge is 0.173 e. The van der Waals surface area contributed by atoms with E-state index >= 15 is 0 Å². The van der Waals surface area contributed by atoms with Crippen molar-refractivity contribution in [3.8, 4) is 0 Å². The first-order chi connectivity index (χ1) is 5.82. The Morgan fingerprint density at radius 1 is 1.69 bits per heavy atom. The second-order valence-electron chi connectivity index (χ2n) is 2.95. The van der Waals surface area contributed by atoms with Crippen molar-refractivity contribution in [1.29, 1.82) is 0 Å². The molecule has 1 rings (SSSR count). The molecule has 3 nitrogen and oxygen atoms in total. The van der Waals surface area contributed by atoms with E-state index in [-0.39, 0.29) is 11.1 Å². The summed E-state index contributed by atoms with van der Waals surface area (Å²) in [5.41, 5.74) is 0. The van der Waals surface area contributed by atoms with Gasteiger partial charge in [-0.3, -0.25) is 4.68 Å². The molecule has 0 bridgehead atoms. The van der Waals surface area contributed by atoms with Crippen molar-refractivity contribution in [2.45, 2.75) is 24.9 Å². The Morgan fingerprint density at radius 3 is 2.46 bits per heavy atom. The van der Waals surface area contributed by atoms with Crippen molar-refractivity contribution in [3.63, 3.8) is 0 Å². The van der Waals surface area contributed by atoms with Gasteiger partial charge >= 0.3 is 0 Å². The number of hydrogen-bond acceptors (Lipinski definition) is 2. The van der Waals surface area contributed by atoms with Crippen LogP contribution in [0.2, 0.25) is 5.02 Å². The van der Waals surface area contributed by atoms with Gasteiger partial charge in [-0.15, -0.1) is 0 Å². The summed E-state index contributed by atoms with van der Waals surface area (Å²) < 4.78 is 12.9. The maximum absolute atomic E-state index is 11.3. The molecular formula is C7H10Cl2N2OS. The van der Waals surface area contributed by atoms with Crippen LogP contribution in [0.1, 0.15) is 19.9 Å². The van der Waals surface area contributed by atoms with Crippen LogP contribution < -0.4 is 0 Å². The Balaban J connectivity index is 3.27. The lowest BCUT2D eigenvalue weighted by Gasteiger charge is -2.02. The number of aromatic nitrogens is 2. The van der Waals surface area contributed by atoms with Crippen molar-refractivity contribution in [2.24, 2.45) is 0 Å². The van der Waals surface area contributed by atoms with Crippen molar-refractivity contribution >= 4 is 36.9 Å². The largest absolute Gasteiger partial charge is 0.267 e.